The first kappa shape index (κ1) is 11.9. The Bertz CT molecular complexity index is 461. The Balaban J connectivity index is 2.11. The van der Waals surface area contributed by atoms with E-state index < -0.39 is 0 Å². The van der Waals surface area contributed by atoms with Gasteiger partial charge in [0.05, 0.1) is 0 Å². The number of carbonyl (C=O) groups is 1. The maximum Gasteiger partial charge on any atom is 0.260 e. The summed E-state index contributed by atoms with van der Waals surface area (Å²) >= 11 is 0. The van der Waals surface area contributed by atoms with Crippen molar-refractivity contribution < 1.29 is 4.79 Å². The molecule has 0 radical (unpaired) electrons. The van der Waals surface area contributed by atoms with Crippen molar-refractivity contribution in [3.05, 3.63) is 34.2 Å². The molecule has 1 aromatic rings. The molecule has 1 aliphatic heterocycles. The van der Waals surface area contributed by atoms with E-state index in [2.05, 4.69) is 15.6 Å². The van der Waals surface area contributed by atoms with E-state index >= 15 is 0 Å². The van der Waals surface area contributed by atoms with Crippen molar-refractivity contribution in [3.8, 4) is 0 Å². The van der Waals surface area contributed by atoms with Crippen LogP contribution in [0.2, 0.25) is 0 Å². The molecule has 5 heteroatoms. The van der Waals surface area contributed by atoms with Crippen molar-refractivity contribution in [1.29, 1.82) is 0 Å². The van der Waals surface area contributed by atoms with Gasteiger partial charge in [0.15, 0.2) is 0 Å². The molecule has 1 fully saturated rings. The Hall–Kier alpha value is -1.62. The average Bonchev–Trinajstić information content (AvgIpc) is 2.29. The second-order valence-corrected chi connectivity index (χ2v) is 4.68. The Labute approximate surface area is 99.6 Å². The molecule has 1 aliphatic rings. The summed E-state index contributed by atoms with van der Waals surface area (Å²) in [6.45, 7) is 3.80. The van der Waals surface area contributed by atoms with E-state index in [0.29, 0.717) is 0 Å². The summed E-state index contributed by atoms with van der Waals surface area (Å²) in [4.78, 5) is 26.0. The number of piperidine rings is 1. The van der Waals surface area contributed by atoms with Gasteiger partial charge in [0, 0.05) is 11.7 Å². The van der Waals surface area contributed by atoms with Crippen LogP contribution in [0.15, 0.2) is 23.1 Å². The van der Waals surface area contributed by atoms with Crippen molar-refractivity contribution in [3.63, 3.8) is 0 Å². The van der Waals surface area contributed by atoms with E-state index in [0.717, 1.165) is 25.9 Å². The monoisotopic (exact) mass is 235 g/mol. The van der Waals surface area contributed by atoms with Gasteiger partial charge in [0.1, 0.15) is 5.56 Å². The first-order valence-corrected chi connectivity index (χ1v) is 5.82. The minimum absolute atomic E-state index is 0.173. The molecule has 2 heterocycles. The summed E-state index contributed by atoms with van der Waals surface area (Å²) in [5.41, 5.74) is -0.389. The molecule has 3 N–H and O–H groups in total. The summed E-state index contributed by atoms with van der Waals surface area (Å²) < 4.78 is 0. The smallest absolute Gasteiger partial charge is 0.260 e. The molecule has 1 saturated heterocycles. The molecule has 17 heavy (non-hydrogen) atoms. The minimum atomic E-state index is -0.345. The number of aromatic nitrogens is 1. The molecule has 0 saturated carbocycles. The zero-order valence-electron chi connectivity index (χ0n) is 9.88. The number of pyridine rings is 1. The number of aromatic amines is 1. The van der Waals surface area contributed by atoms with Crippen LogP contribution >= 0.6 is 0 Å². The highest BCUT2D eigenvalue weighted by Crippen LogP contribution is 2.17. The standard InChI is InChI=1S/C12H17N3O2/c1-12(4-7-13-8-5-12)15-11(17)9-3-2-6-14-10(9)16/h2-3,6,13H,4-5,7-8H2,1H3,(H,14,16)(H,15,17). The Morgan fingerprint density at radius 2 is 2.12 bits per heavy atom. The predicted molar refractivity (Wildman–Crippen MR) is 65.0 cm³/mol. The van der Waals surface area contributed by atoms with E-state index in [4.69, 9.17) is 0 Å². The molecular weight excluding hydrogens is 218 g/mol. The molecule has 0 unspecified atom stereocenters. The lowest BCUT2D eigenvalue weighted by molar-refractivity contribution is 0.0886. The van der Waals surface area contributed by atoms with Gasteiger partial charge in [-0.25, -0.2) is 0 Å². The fraction of sp³-hybridized carbons (Fsp3) is 0.500. The van der Waals surface area contributed by atoms with Crippen LogP contribution in [0.5, 0.6) is 0 Å². The highest BCUT2D eigenvalue weighted by molar-refractivity contribution is 5.94. The molecule has 0 aliphatic carbocycles. The summed E-state index contributed by atoms with van der Waals surface area (Å²) in [5, 5.41) is 6.20. The highest BCUT2D eigenvalue weighted by atomic mass is 16.2. The number of hydrogen-bond donors (Lipinski definition) is 3. The zero-order chi connectivity index (χ0) is 12.3. The molecular formula is C12H17N3O2. The normalized spacial score (nSPS) is 18.6. The maximum absolute atomic E-state index is 12.0. The summed E-state index contributed by atoms with van der Waals surface area (Å²) in [6, 6.07) is 3.19. The van der Waals surface area contributed by atoms with Gasteiger partial charge in [-0.2, -0.15) is 0 Å². The van der Waals surface area contributed by atoms with Crippen LogP contribution in [0.1, 0.15) is 30.1 Å². The van der Waals surface area contributed by atoms with Crippen LogP contribution in [-0.2, 0) is 0 Å². The number of hydrogen-bond acceptors (Lipinski definition) is 3. The molecule has 5 nitrogen and oxygen atoms in total. The van der Waals surface area contributed by atoms with Gasteiger partial charge >= 0.3 is 0 Å². The number of rotatable bonds is 2. The lowest BCUT2D eigenvalue weighted by atomic mass is 9.90. The van der Waals surface area contributed by atoms with Gasteiger partial charge in [-0.3, -0.25) is 9.59 Å². The Morgan fingerprint density at radius 3 is 2.76 bits per heavy atom. The third-order valence-electron chi connectivity index (χ3n) is 3.19. The molecule has 0 atom stereocenters. The quantitative estimate of drug-likeness (QED) is 0.687. The fourth-order valence-electron chi connectivity index (χ4n) is 2.05. The van der Waals surface area contributed by atoms with E-state index in [-0.39, 0.29) is 22.6 Å². The number of H-pyrrole nitrogens is 1. The van der Waals surface area contributed by atoms with Crippen molar-refractivity contribution in [2.45, 2.75) is 25.3 Å². The minimum Gasteiger partial charge on any atom is -0.347 e. The first-order valence-electron chi connectivity index (χ1n) is 5.82. The summed E-state index contributed by atoms with van der Waals surface area (Å²) in [6.07, 6.45) is 3.28. The van der Waals surface area contributed by atoms with Crippen LogP contribution in [0.25, 0.3) is 0 Å². The summed E-state index contributed by atoms with van der Waals surface area (Å²) in [5.74, 6) is -0.295. The predicted octanol–water partition coefficient (Wildman–Crippen LogP) is 0.247. The third-order valence-corrected chi connectivity index (χ3v) is 3.19. The van der Waals surface area contributed by atoms with E-state index in [9.17, 15) is 9.59 Å². The first-order chi connectivity index (χ1) is 8.11. The number of carbonyl (C=O) groups excluding carboxylic acids is 1. The van der Waals surface area contributed by atoms with Gasteiger partial charge in [0.25, 0.3) is 11.5 Å². The lowest BCUT2D eigenvalue weighted by Gasteiger charge is -2.34. The lowest BCUT2D eigenvalue weighted by Crippen LogP contribution is -2.53. The second-order valence-electron chi connectivity index (χ2n) is 4.68. The topological polar surface area (TPSA) is 74.0 Å². The van der Waals surface area contributed by atoms with Gasteiger partial charge in [-0.1, -0.05) is 0 Å². The van der Waals surface area contributed by atoms with E-state index in [1.54, 1.807) is 12.1 Å². The number of nitrogens with one attached hydrogen (secondary N) is 3. The zero-order valence-corrected chi connectivity index (χ0v) is 9.88. The van der Waals surface area contributed by atoms with E-state index in [1.165, 1.54) is 6.20 Å². The summed E-state index contributed by atoms with van der Waals surface area (Å²) in [7, 11) is 0. The fourth-order valence-corrected chi connectivity index (χ4v) is 2.05. The molecule has 1 amide bonds. The Morgan fingerprint density at radius 1 is 1.41 bits per heavy atom. The largest absolute Gasteiger partial charge is 0.347 e. The van der Waals surface area contributed by atoms with Crippen LogP contribution in [0, 0.1) is 0 Å². The van der Waals surface area contributed by atoms with E-state index in [1.807, 2.05) is 6.92 Å². The molecule has 2 rings (SSSR count). The SMILES string of the molecule is CC1(NC(=O)c2ccc[nH]c2=O)CCNCC1. The van der Waals surface area contributed by atoms with Crippen LogP contribution in [0.4, 0.5) is 0 Å². The van der Waals surface area contributed by atoms with Gasteiger partial charge in [0.2, 0.25) is 0 Å². The molecule has 92 valence electrons. The highest BCUT2D eigenvalue weighted by Gasteiger charge is 2.29. The van der Waals surface area contributed by atoms with Crippen LogP contribution in [-0.4, -0.2) is 29.5 Å². The van der Waals surface area contributed by atoms with Crippen LogP contribution < -0.4 is 16.2 Å². The van der Waals surface area contributed by atoms with Gasteiger partial charge < -0.3 is 15.6 Å². The van der Waals surface area contributed by atoms with Crippen molar-refractivity contribution in [2.24, 2.45) is 0 Å². The van der Waals surface area contributed by atoms with Gasteiger partial charge in [-0.15, -0.1) is 0 Å². The maximum atomic E-state index is 12.0. The number of amides is 1. The molecule has 0 aromatic carbocycles. The average molecular weight is 235 g/mol. The molecule has 0 spiro atoms. The molecule has 0 bridgehead atoms. The van der Waals surface area contributed by atoms with Gasteiger partial charge in [-0.05, 0) is 45.0 Å². The van der Waals surface area contributed by atoms with Crippen molar-refractivity contribution in [2.75, 3.05) is 13.1 Å². The van der Waals surface area contributed by atoms with Crippen molar-refractivity contribution >= 4 is 5.91 Å². The third kappa shape index (κ3) is 2.74. The van der Waals surface area contributed by atoms with Crippen LogP contribution in [0.3, 0.4) is 0 Å². The second kappa shape index (κ2) is 4.71. The van der Waals surface area contributed by atoms with Crippen molar-refractivity contribution in [1.82, 2.24) is 15.6 Å². The Kier molecular flexibility index (Phi) is 3.28. The molecule has 1 aromatic heterocycles.